The maximum atomic E-state index is 5.38. The van der Waals surface area contributed by atoms with Gasteiger partial charge < -0.3 is 9.84 Å². The van der Waals surface area contributed by atoms with Gasteiger partial charge >= 0.3 is 0 Å². The van der Waals surface area contributed by atoms with E-state index in [0.29, 0.717) is 17.6 Å². The monoisotopic (exact) mass is 244 g/mol. The maximum absolute atomic E-state index is 5.38. The number of nitrogens with one attached hydrogen (secondary N) is 1. The summed E-state index contributed by atoms with van der Waals surface area (Å²) in [5, 5.41) is 7.48. The molecule has 2 aromatic rings. The van der Waals surface area contributed by atoms with Crippen LogP contribution in [0.4, 0.5) is 0 Å². The largest absolute Gasteiger partial charge is 0.337 e. The van der Waals surface area contributed by atoms with Crippen molar-refractivity contribution in [1.82, 2.24) is 20.4 Å². The molecule has 0 bridgehead atoms. The minimum Gasteiger partial charge on any atom is -0.337 e. The molecule has 18 heavy (non-hydrogen) atoms. The number of pyridine rings is 1. The third kappa shape index (κ3) is 2.13. The lowest BCUT2D eigenvalue weighted by Gasteiger charge is -2.26. The smallest absolute Gasteiger partial charge is 0.244 e. The molecule has 94 valence electrons. The summed E-state index contributed by atoms with van der Waals surface area (Å²) < 4.78 is 5.38. The molecule has 3 rings (SSSR count). The summed E-state index contributed by atoms with van der Waals surface area (Å²) in [7, 11) is 0. The van der Waals surface area contributed by atoms with Crippen LogP contribution in [0, 0.1) is 5.92 Å². The second-order valence-electron chi connectivity index (χ2n) is 4.74. The molecule has 2 atom stereocenters. The number of rotatable bonds is 2. The standard InChI is InChI=1S/C13H16N4O/c1-9-3-2-6-15-11(9)13-16-12(17-18-13)10-4-7-14-8-5-10/h4-5,7-9,11,15H,2-3,6H2,1H3. The molecule has 5 heteroatoms. The van der Waals surface area contributed by atoms with Gasteiger partial charge in [-0.25, -0.2) is 0 Å². The van der Waals surface area contributed by atoms with Crippen LogP contribution >= 0.6 is 0 Å². The van der Waals surface area contributed by atoms with Gasteiger partial charge in [-0.05, 0) is 37.4 Å². The van der Waals surface area contributed by atoms with Crippen molar-refractivity contribution in [3.8, 4) is 11.4 Å². The molecule has 0 saturated carbocycles. The van der Waals surface area contributed by atoms with Gasteiger partial charge in [-0.1, -0.05) is 12.1 Å². The number of nitrogens with zero attached hydrogens (tertiary/aromatic N) is 3. The SMILES string of the molecule is CC1CCCNC1c1nc(-c2ccncc2)no1. The van der Waals surface area contributed by atoms with Gasteiger partial charge in [0, 0.05) is 18.0 Å². The van der Waals surface area contributed by atoms with E-state index in [0.717, 1.165) is 12.1 Å². The van der Waals surface area contributed by atoms with Crippen molar-refractivity contribution in [3.63, 3.8) is 0 Å². The van der Waals surface area contributed by atoms with Crippen LogP contribution in [0.3, 0.4) is 0 Å². The Morgan fingerprint density at radius 1 is 1.33 bits per heavy atom. The van der Waals surface area contributed by atoms with Crippen LogP contribution in [0.15, 0.2) is 29.0 Å². The second-order valence-corrected chi connectivity index (χ2v) is 4.74. The summed E-state index contributed by atoms with van der Waals surface area (Å²) in [5.74, 6) is 1.85. The van der Waals surface area contributed by atoms with Gasteiger partial charge in [0.05, 0.1) is 6.04 Å². The average Bonchev–Trinajstić information content (AvgIpc) is 2.90. The molecule has 0 aliphatic carbocycles. The molecule has 2 aromatic heterocycles. The van der Waals surface area contributed by atoms with Gasteiger partial charge in [-0.3, -0.25) is 4.98 Å². The highest BCUT2D eigenvalue weighted by molar-refractivity contribution is 5.52. The molecule has 0 radical (unpaired) electrons. The van der Waals surface area contributed by atoms with Crippen molar-refractivity contribution in [3.05, 3.63) is 30.4 Å². The van der Waals surface area contributed by atoms with Crippen molar-refractivity contribution in [2.24, 2.45) is 5.92 Å². The van der Waals surface area contributed by atoms with Crippen LogP contribution in [0.1, 0.15) is 31.7 Å². The molecule has 2 unspecified atom stereocenters. The van der Waals surface area contributed by atoms with Gasteiger partial charge in [-0.2, -0.15) is 4.98 Å². The second kappa shape index (κ2) is 4.86. The van der Waals surface area contributed by atoms with Crippen LogP contribution in [-0.4, -0.2) is 21.7 Å². The lowest BCUT2D eigenvalue weighted by Crippen LogP contribution is -2.33. The highest BCUT2D eigenvalue weighted by Gasteiger charge is 2.27. The lowest BCUT2D eigenvalue weighted by molar-refractivity contribution is 0.239. The Balaban J connectivity index is 1.85. The first-order valence-corrected chi connectivity index (χ1v) is 6.32. The summed E-state index contributed by atoms with van der Waals surface area (Å²) >= 11 is 0. The molecule has 0 amide bonds. The Labute approximate surface area is 106 Å². The predicted octanol–water partition coefficient (Wildman–Crippen LogP) is 2.19. The van der Waals surface area contributed by atoms with E-state index in [1.54, 1.807) is 12.4 Å². The topological polar surface area (TPSA) is 63.8 Å². The quantitative estimate of drug-likeness (QED) is 0.877. The summed E-state index contributed by atoms with van der Waals surface area (Å²) in [5.41, 5.74) is 0.934. The average molecular weight is 244 g/mol. The zero-order valence-corrected chi connectivity index (χ0v) is 10.3. The van der Waals surface area contributed by atoms with E-state index < -0.39 is 0 Å². The number of piperidine rings is 1. The fourth-order valence-electron chi connectivity index (χ4n) is 2.36. The fourth-order valence-corrected chi connectivity index (χ4v) is 2.36. The lowest BCUT2D eigenvalue weighted by atomic mass is 9.93. The van der Waals surface area contributed by atoms with E-state index >= 15 is 0 Å². The molecule has 1 saturated heterocycles. The Morgan fingerprint density at radius 3 is 2.94 bits per heavy atom. The van der Waals surface area contributed by atoms with E-state index in [2.05, 4.69) is 27.4 Å². The van der Waals surface area contributed by atoms with Gasteiger partial charge in [0.15, 0.2) is 0 Å². The Hall–Kier alpha value is -1.75. The van der Waals surface area contributed by atoms with Crippen molar-refractivity contribution in [2.75, 3.05) is 6.54 Å². The minimum atomic E-state index is 0.182. The van der Waals surface area contributed by atoms with Gasteiger partial charge in [-0.15, -0.1) is 0 Å². The van der Waals surface area contributed by atoms with Crippen molar-refractivity contribution in [1.29, 1.82) is 0 Å². The first kappa shape index (κ1) is 11.3. The minimum absolute atomic E-state index is 0.182. The molecular weight excluding hydrogens is 228 g/mol. The molecular formula is C13H16N4O. The number of hydrogen-bond acceptors (Lipinski definition) is 5. The van der Waals surface area contributed by atoms with Crippen molar-refractivity contribution >= 4 is 0 Å². The Kier molecular flexibility index (Phi) is 3.06. The highest BCUT2D eigenvalue weighted by atomic mass is 16.5. The first-order valence-electron chi connectivity index (χ1n) is 6.32. The van der Waals surface area contributed by atoms with Crippen molar-refractivity contribution in [2.45, 2.75) is 25.8 Å². The molecule has 0 aromatic carbocycles. The zero-order chi connectivity index (χ0) is 12.4. The fraction of sp³-hybridized carbons (Fsp3) is 0.462. The first-order chi connectivity index (χ1) is 8.84. The molecule has 0 spiro atoms. The number of aromatic nitrogens is 3. The molecule has 3 heterocycles. The van der Waals surface area contributed by atoms with Gasteiger partial charge in [0.1, 0.15) is 0 Å². The normalized spacial score (nSPS) is 24.1. The van der Waals surface area contributed by atoms with Crippen LogP contribution < -0.4 is 5.32 Å². The van der Waals surface area contributed by atoms with Crippen molar-refractivity contribution < 1.29 is 4.52 Å². The highest BCUT2D eigenvalue weighted by Crippen LogP contribution is 2.28. The third-order valence-corrected chi connectivity index (χ3v) is 3.42. The van der Waals surface area contributed by atoms with E-state index in [1.807, 2.05) is 12.1 Å². The molecule has 1 aliphatic rings. The summed E-state index contributed by atoms with van der Waals surface area (Å²) in [6.45, 7) is 3.23. The van der Waals surface area contributed by atoms with Crippen LogP contribution in [0.25, 0.3) is 11.4 Å². The third-order valence-electron chi connectivity index (χ3n) is 3.42. The van der Waals surface area contributed by atoms with Crippen LogP contribution in [0.5, 0.6) is 0 Å². The molecule has 1 fully saturated rings. The molecule has 5 nitrogen and oxygen atoms in total. The van der Waals surface area contributed by atoms with Crippen LogP contribution in [0.2, 0.25) is 0 Å². The zero-order valence-electron chi connectivity index (χ0n) is 10.3. The maximum Gasteiger partial charge on any atom is 0.244 e. The predicted molar refractivity (Wildman–Crippen MR) is 66.7 cm³/mol. The summed E-state index contributed by atoms with van der Waals surface area (Å²) in [4.78, 5) is 8.47. The van der Waals surface area contributed by atoms with E-state index in [9.17, 15) is 0 Å². The molecule has 1 N–H and O–H groups in total. The Bertz CT molecular complexity index is 511. The van der Waals surface area contributed by atoms with Crippen LogP contribution in [-0.2, 0) is 0 Å². The molecule has 1 aliphatic heterocycles. The van der Waals surface area contributed by atoms with Gasteiger partial charge in [0.2, 0.25) is 11.7 Å². The Morgan fingerprint density at radius 2 is 2.17 bits per heavy atom. The summed E-state index contributed by atoms with van der Waals surface area (Å²) in [6.07, 6.45) is 5.87. The van der Waals surface area contributed by atoms with E-state index in [4.69, 9.17) is 4.52 Å². The van der Waals surface area contributed by atoms with E-state index in [1.165, 1.54) is 12.8 Å². The number of hydrogen-bond donors (Lipinski definition) is 1. The van der Waals surface area contributed by atoms with E-state index in [-0.39, 0.29) is 6.04 Å². The summed E-state index contributed by atoms with van der Waals surface area (Å²) in [6, 6.07) is 3.94. The van der Waals surface area contributed by atoms with Gasteiger partial charge in [0.25, 0.3) is 0 Å².